The van der Waals surface area contributed by atoms with Gasteiger partial charge in [0.2, 0.25) is 5.91 Å². The molecule has 20 heavy (non-hydrogen) atoms. The van der Waals surface area contributed by atoms with E-state index in [2.05, 4.69) is 15.0 Å². The molecule has 1 N–H and O–H groups in total. The van der Waals surface area contributed by atoms with E-state index >= 15 is 0 Å². The zero-order chi connectivity index (χ0) is 15.2. The van der Waals surface area contributed by atoms with Gasteiger partial charge in [0, 0.05) is 18.1 Å². The van der Waals surface area contributed by atoms with Crippen molar-refractivity contribution >= 4 is 38.2 Å². The summed E-state index contributed by atoms with van der Waals surface area (Å²) in [5.41, 5.74) is 0.744. The van der Waals surface area contributed by atoms with Gasteiger partial charge in [0.1, 0.15) is 5.75 Å². The Morgan fingerprint density at radius 2 is 2.15 bits per heavy atom. The molecular weight excluding hydrogens is 304 g/mol. The van der Waals surface area contributed by atoms with E-state index in [1.165, 1.54) is 18.4 Å². The highest BCUT2D eigenvalue weighted by Crippen LogP contribution is 2.17. The Kier molecular flexibility index (Phi) is 6.08. The van der Waals surface area contributed by atoms with Crippen LogP contribution < -0.4 is 5.32 Å². The lowest BCUT2D eigenvalue weighted by Gasteiger charge is -1.99. The molecule has 1 heterocycles. The van der Waals surface area contributed by atoms with Gasteiger partial charge in [0.15, 0.2) is 15.0 Å². The summed E-state index contributed by atoms with van der Waals surface area (Å²) < 4.78 is 26.4. The Hall–Kier alpha value is -1.48. The standard InChI is InChI=1S/C11H16N2O5S2/c1-18-10(15)5-3-4-8-6-19-11(12-8)13-9(14)7-20(2,16)17/h6H,3-5,7H2,1-2H3,(H,12,13,14). The Morgan fingerprint density at radius 1 is 1.45 bits per heavy atom. The third-order valence-electron chi connectivity index (χ3n) is 2.23. The molecule has 1 aromatic rings. The van der Waals surface area contributed by atoms with E-state index in [-0.39, 0.29) is 5.97 Å². The summed E-state index contributed by atoms with van der Waals surface area (Å²) in [6.07, 6.45) is 2.50. The number of nitrogens with zero attached hydrogens (tertiary/aromatic N) is 1. The fourth-order valence-electron chi connectivity index (χ4n) is 1.39. The number of anilines is 1. The summed E-state index contributed by atoms with van der Waals surface area (Å²) in [6, 6.07) is 0. The van der Waals surface area contributed by atoms with Crippen LogP contribution in [0.3, 0.4) is 0 Å². The minimum atomic E-state index is -3.35. The molecule has 1 amide bonds. The molecule has 9 heteroatoms. The lowest BCUT2D eigenvalue weighted by Crippen LogP contribution is -2.21. The van der Waals surface area contributed by atoms with E-state index in [1.54, 1.807) is 5.38 Å². The molecule has 0 saturated heterocycles. The normalized spacial score (nSPS) is 11.1. The van der Waals surface area contributed by atoms with Crippen LogP contribution in [-0.2, 0) is 30.6 Å². The van der Waals surface area contributed by atoms with Gasteiger partial charge in [0.05, 0.1) is 12.8 Å². The Labute approximate surface area is 121 Å². The van der Waals surface area contributed by atoms with Gasteiger partial charge >= 0.3 is 5.97 Å². The van der Waals surface area contributed by atoms with E-state index in [4.69, 9.17) is 0 Å². The van der Waals surface area contributed by atoms with E-state index in [1.807, 2.05) is 0 Å². The smallest absolute Gasteiger partial charge is 0.305 e. The number of amides is 1. The van der Waals surface area contributed by atoms with Crippen molar-refractivity contribution in [1.29, 1.82) is 0 Å². The van der Waals surface area contributed by atoms with Crippen LogP contribution in [0, 0.1) is 0 Å². The molecule has 0 aliphatic carbocycles. The minimum Gasteiger partial charge on any atom is -0.469 e. The minimum absolute atomic E-state index is 0.276. The van der Waals surface area contributed by atoms with E-state index in [9.17, 15) is 18.0 Å². The van der Waals surface area contributed by atoms with Crippen LogP contribution in [0.5, 0.6) is 0 Å². The Bertz CT molecular complexity index is 579. The molecule has 0 aliphatic rings. The molecule has 0 saturated carbocycles. The first-order valence-corrected chi connectivity index (χ1v) is 8.73. The van der Waals surface area contributed by atoms with Gasteiger partial charge in [-0.1, -0.05) is 0 Å². The maximum absolute atomic E-state index is 11.4. The van der Waals surface area contributed by atoms with Crippen LogP contribution in [0.15, 0.2) is 5.38 Å². The maximum Gasteiger partial charge on any atom is 0.305 e. The predicted molar refractivity (Wildman–Crippen MR) is 75.4 cm³/mol. The van der Waals surface area contributed by atoms with Gasteiger partial charge in [-0.25, -0.2) is 13.4 Å². The van der Waals surface area contributed by atoms with Crippen LogP contribution in [0.1, 0.15) is 18.5 Å². The van der Waals surface area contributed by atoms with Gasteiger partial charge in [-0.2, -0.15) is 0 Å². The maximum atomic E-state index is 11.4. The first kappa shape index (κ1) is 16.6. The number of esters is 1. The van der Waals surface area contributed by atoms with Crippen molar-refractivity contribution in [2.24, 2.45) is 0 Å². The lowest BCUT2D eigenvalue weighted by atomic mass is 10.2. The molecule has 1 rings (SSSR count). The zero-order valence-corrected chi connectivity index (χ0v) is 12.8. The number of aromatic nitrogens is 1. The molecule has 0 spiro atoms. The first-order valence-electron chi connectivity index (χ1n) is 5.79. The number of hydrogen-bond donors (Lipinski definition) is 1. The summed E-state index contributed by atoms with van der Waals surface area (Å²) in [6.45, 7) is 0. The second-order valence-corrected chi connectivity index (χ2v) is 7.19. The summed E-state index contributed by atoms with van der Waals surface area (Å²) in [4.78, 5) is 26.5. The molecule has 0 radical (unpaired) electrons. The van der Waals surface area contributed by atoms with Crippen molar-refractivity contribution in [3.8, 4) is 0 Å². The summed E-state index contributed by atoms with van der Waals surface area (Å²) in [5.74, 6) is -1.45. The van der Waals surface area contributed by atoms with Crippen molar-refractivity contribution in [2.75, 3.05) is 24.4 Å². The third kappa shape index (κ3) is 6.62. The van der Waals surface area contributed by atoms with Crippen molar-refractivity contribution in [3.05, 3.63) is 11.1 Å². The van der Waals surface area contributed by atoms with Crippen LogP contribution in [0.25, 0.3) is 0 Å². The highest BCUT2D eigenvalue weighted by Gasteiger charge is 2.12. The molecule has 0 unspecified atom stereocenters. The molecule has 0 aliphatic heterocycles. The number of aryl methyl sites for hydroxylation is 1. The number of carbonyl (C=O) groups is 2. The predicted octanol–water partition coefficient (Wildman–Crippen LogP) is 0.622. The summed E-state index contributed by atoms with van der Waals surface area (Å²) >= 11 is 1.21. The second-order valence-electron chi connectivity index (χ2n) is 4.19. The number of methoxy groups -OCH3 is 1. The van der Waals surface area contributed by atoms with Crippen molar-refractivity contribution in [2.45, 2.75) is 19.3 Å². The third-order valence-corrected chi connectivity index (χ3v) is 3.83. The fourth-order valence-corrected chi connectivity index (χ4v) is 2.70. The van der Waals surface area contributed by atoms with Crippen molar-refractivity contribution in [1.82, 2.24) is 4.98 Å². The van der Waals surface area contributed by atoms with E-state index in [0.717, 1.165) is 11.9 Å². The zero-order valence-electron chi connectivity index (χ0n) is 11.2. The number of sulfone groups is 1. The van der Waals surface area contributed by atoms with Crippen LogP contribution in [-0.4, -0.2) is 44.4 Å². The van der Waals surface area contributed by atoms with Crippen molar-refractivity contribution in [3.63, 3.8) is 0 Å². The molecule has 0 bridgehead atoms. The monoisotopic (exact) mass is 320 g/mol. The average molecular weight is 320 g/mol. The van der Waals surface area contributed by atoms with E-state index < -0.39 is 21.5 Å². The first-order chi connectivity index (χ1) is 9.30. The van der Waals surface area contributed by atoms with E-state index in [0.29, 0.717) is 24.4 Å². The highest BCUT2D eigenvalue weighted by molar-refractivity contribution is 7.91. The Balaban J connectivity index is 2.43. The van der Waals surface area contributed by atoms with Gasteiger partial charge in [0.25, 0.3) is 0 Å². The van der Waals surface area contributed by atoms with Crippen LogP contribution in [0.4, 0.5) is 5.13 Å². The fraction of sp³-hybridized carbons (Fsp3) is 0.545. The van der Waals surface area contributed by atoms with Gasteiger partial charge < -0.3 is 10.1 Å². The largest absolute Gasteiger partial charge is 0.469 e. The molecular formula is C11H16N2O5S2. The number of ether oxygens (including phenoxy) is 1. The quantitative estimate of drug-likeness (QED) is 0.739. The SMILES string of the molecule is COC(=O)CCCc1csc(NC(=O)CS(C)(=O)=O)n1. The number of thiazole rings is 1. The van der Waals surface area contributed by atoms with Crippen molar-refractivity contribution < 1.29 is 22.7 Å². The Morgan fingerprint density at radius 3 is 2.75 bits per heavy atom. The number of nitrogens with one attached hydrogen (secondary N) is 1. The lowest BCUT2D eigenvalue weighted by molar-refractivity contribution is -0.140. The average Bonchev–Trinajstić information content (AvgIpc) is 2.73. The van der Waals surface area contributed by atoms with Crippen LogP contribution in [0.2, 0.25) is 0 Å². The molecule has 7 nitrogen and oxygen atoms in total. The number of rotatable bonds is 7. The molecule has 1 aromatic heterocycles. The molecule has 0 fully saturated rings. The second kappa shape index (κ2) is 7.34. The van der Waals surface area contributed by atoms with Gasteiger partial charge in [-0.3, -0.25) is 9.59 Å². The molecule has 112 valence electrons. The van der Waals surface area contributed by atoms with Gasteiger partial charge in [-0.05, 0) is 12.8 Å². The van der Waals surface area contributed by atoms with Crippen LogP contribution >= 0.6 is 11.3 Å². The number of hydrogen-bond acceptors (Lipinski definition) is 7. The molecule has 0 atom stereocenters. The summed E-state index contributed by atoms with van der Waals surface area (Å²) in [7, 11) is -2.02. The topological polar surface area (TPSA) is 102 Å². The number of carbonyl (C=O) groups excluding carboxylic acids is 2. The summed E-state index contributed by atoms with van der Waals surface area (Å²) in [5, 5.41) is 4.54. The van der Waals surface area contributed by atoms with Gasteiger partial charge in [-0.15, -0.1) is 11.3 Å². The highest BCUT2D eigenvalue weighted by atomic mass is 32.2. The molecule has 0 aromatic carbocycles.